The number of fused-ring (bicyclic) bond motifs is 9. The third kappa shape index (κ3) is 4.88. The zero-order valence-corrected chi connectivity index (χ0v) is 27.5. The van der Waals surface area contributed by atoms with Gasteiger partial charge in [-0.15, -0.1) is 18.3 Å². The molecule has 4 bridgehead atoms. The predicted molar refractivity (Wildman–Crippen MR) is 167 cm³/mol. The Balaban J connectivity index is 1.49. The number of carbonyl (C=O) groups excluding carboxylic acids is 2. The van der Waals surface area contributed by atoms with E-state index < -0.39 is 66.2 Å². The number of hydrogen-bond acceptors (Lipinski definition) is 12. The van der Waals surface area contributed by atoms with Gasteiger partial charge in [-0.3, -0.25) is 14.6 Å². The van der Waals surface area contributed by atoms with Crippen LogP contribution in [0.4, 0.5) is 13.2 Å². The standard InChI is InChI=1S/C33H33F3N4O8S/c1-5-6-39-17-8-15-7-13(2)27(45-4)26(42)20(15)23(39)24-30-22-21(29-28(47-12-48-29)14(3)25(22)41)19(40(24)18(17)9-37)10-46-31(43)16(11-49-30)38-32(44)33(34,35)36/h5,7,16-19,23-24,30,41-42H,1,6,8,10-12H2,2-4H3,(H,38,44)/t16?,17?,18-,19-,23?,24?,30+/m0/s1. The van der Waals surface area contributed by atoms with Crippen LogP contribution in [0, 0.1) is 25.2 Å². The first kappa shape index (κ1) is 33.2. The molecule has 0 radical (unpaired) electrons. The minimum absolute atomic E-state index is 0.0867. The Hall–Kier alpha value is -4.33. The maximum absolute atomic E-state index is 13.3. The van der Waals surface area contributed by atoms with Crippen molar-refractivity contribution in [2.75, 3.05) is 32.8 Å². The number of benzene rings is 2. The monoisotopic (exact) mass is 702 g/mol. The van der Waals surface area contributed by atoms with Gasteiger partial charge in [-0.2, -0.15) is 18.4 Å². The van der Waals surface area contributed by atoms with Crippen molar-refractivity contribution in [1.29, 1.82) is 5.26 Å². The molecule has 0 saturated carbocycles. The third-order valence-electron chi connectivity index (χ3n) is 10.2. The number of ether oxygens (including phenoxy) is 4. The molecule has 4 unspecified atom stereocenters. The van der Waals surface area contributed by atoms with Crippen LogP contribution in [0.25, 0.3) is 0 Å². The van der Waals surface area contributed by atoms with Crippen LogP contribution in [-0.4, -0.2) is 95.0 Å². The van der Waals surface area contributed by atoms with Crippen LogP contribution in [-0.2, 0) is 20.7 Å². The first-order chi connectivity index (χ1) is 23.3. The molecular weight excluding hydrogens is 669 g/mol. The summed E-state index contributed by atoms with van der Waals surface area (Å²) in [4.78, 5) is 29.3. The van der Waals surface area contributed by atoms with Crippen LogP contribution in [0.1, 0.15) is 50.7 Å². The highest BCUT2D eigenvalue weighted by Crippen LogP contribution is 2.64. The smallest absolute Gasteiger partial charge is 0.471 e. The number of aryl methyl sites for hydroxylation is 1. The lowest BCUT2D eigenvalue weighted by molar-refractivity contribution is -0.176. The molecule has 0 aromatic heterocycles. The number of phenolic OH excluding ortho intramolecular Hbond substituents is 2. The van der Waals surface area contributed by atoms with Gasteiger partial charge in [-0.1, -0.05) is 12.1 Å². The number of rotatable bonds is 4. The Morgan fingerprint density at radius 1 is 1.20 bits per heavy atom. The number of esters is 1. The fourth-order valence-corrected chi connectivity index (χ4v) is 9.81. The van der Waals surface area contributed by atoms with E-state index in [0.29, 0.717) is 52.3 Å². The highest BCUT2D eigenvalue weighted by molar-refractivity contribution is 7.99. The summed E-state index contributed by atoms with van der Waals surface area (Å²) in [5.74, 6) is -3.10. The Labute approximate surface area is 283 Å². The van der Waals surface area contributed by atoms with E-state index in [0.717, 1.165) is 17.3 Å². The van der Waals surface area contributed by atoms with Gasteiger partial charge in [0.1, 0.15) is 24.4 Å². The van der Waals surface area contributed by atoms with E-state index in [2.05, 4.69) is 17.5 Å². The zero-order chi connectivity index (χ0) is 35.1. The molecule has 7 atom stereocenters. The van der Waals surface area contributed by atoms with E-state index in [1.807, 2.05) is 17.9 Å². The molecular formula is C33H33F3N4O8S. The molecule has 2 aromatic carbocycles. The molecule has 7 rings (SSSR count). The van der Waals surface area contributed by atoms with E-state index in [1.54, 1.807) is 18.3 Å². The number of thioether (sulfide) groups is 1. The molecule has 2 aromatic rings. The molecule has 5 aliphatic heterocycles. The lowest BCUT2D eigenvalue weighted by atomic mass is 9.71. The molecule has 49 heavy (non-hydrogen) atoms. The van der Waals surface area contributed by atoms with Crippen molar-refractivity contribution in [3.63, 3.8) is 0 Å². The van der Waals surface area contributed by atoms with Gasteiger partial charge in [0.2, 0.25) is 6.79 Å². The average Bonchev–Trinajstić information content (AvgIpc) is 3.54. The third-order valence-corrected chi connectivity index (χ3v) is 11.6. The molecule has 5 aliphatic rings. The Bertz CT molecular complexity index is 1820. The number of phenols is 2. The van der Waals surface area contributed by atoms with Gasteiger partial charge in [-0.25, -0.2) is 4.79 Å². The number of methoxy groups -OCH3 is 1. The number of piperazine rings is 1. The van der Waals surface area contributed by atoms with E-state index in [4.69, 9.17) is 18.9 Å². The topological polar surface area (TPSA) is 154 Å². The fourth-order valence-electron chi connectivity index (χ4n) is 8.30. The Morgan fingerprint density at radius 2 is 1.94 bits per heavy atom. The van der Waals surface area contributed by atoms with Crippen LogP contribution in [0.15, 0.2) is 18.7 Å². The lowest BCUT2D eigenvalue weighted by Gasteiger charge is -2.62. The normalized spacial score (nSPS) is 28.8. The summed E-state index contributed by atoms with van der Waals surface area (Å²) in [6.07, 6.45) is -3.18. The van der Waals surface area contributed by atoms with E-state index in [1.165, 1.54) is 7.11 Å². The summed E-state index contributed by atoms with van der Waals surface area (Å²) in [5, 5.41) is 35.5. The predicted octanol–water partition coefficient (Wildman–Crippen LogP) is 3.62. The van der Waals surface area contributed by atoms with Crippen LogP contribution in [0.2, 0.25) is 0 Å². The summed E-state index contributed by atoms with van der Waals surface area (Å²) in [6, 6.07) is -0.903. The average molecular weight is 703 g/mol. The number of nitrogens with one attached hydrogen (secondary N) is 1. The second-order valence-electron chi connectivity index (χ2n) is 12.7. The summed E-state index contributed by atoms with van der Waals surface area (Å²) in [7, 11) is 1.45. The van der Waals surface area contributed by atoms with Gasteiger partial charge in [0.15, 0.2) is 23.0 Å². The Kier molecular flexibility index (Phi) is 8.07. The summed E-state index contributed by atoms with van der Waals surface area (Å²) >= 11 is 1.03. The van der Waals surface area contributed by atoms with Crippen molar-refractivity contribution in [2.24, 2.45) is 0 Å². The number of cyclic esters (lactones) is 1. The van der Waals surface area contributed by atoms with E-state index in [9.17, 15) is 38.2 Å². The zero-order valence-electron chi connectivity index (χ0n) is 26.7. The van der Waals surface area contributed by atoms with Crippen LogP contribution in [0.5, 0.6) is 28.7 Å². The van der Waals surface area contributed by atoms with E-state index in [-0.39, 0.29) is 29.8 Å². The minimum atomic E-state index is -5.25. The maximum Gasteiger partial charge on any atom is 0.471 e. The maximum atomic E-state index is 13.3. The van der Waals surface area contributed by atoms with Crippen molar-refractivity contribution in [3.8, 4) is 34.8 Å². The van der Waals surface area contributed by atoms with Gasteiger partial charge < -0.3 is 34.5 Å². The molecule has 0 spiro atoms. The van der Waals surface area contributed by atoms with Gasteiger partial charge in [0, 0.05) is 46.6 Å². The molecule has 1 amide bonds. The first-order valence-corrected chi connectivity index (χ1v) is 16.6. The number of nitrogens with zero attached hydrogens (tertiary/aromatic N) is 3. The molecule has 3 N–H and O–H groups in total. The van der Waals surface area contributed by atoms with Crippen molar-refractivity contribution in [3.05, 3.63) is 52.1 Å². The number of halogens is 3. The van der Waals surface area contributed by atoms with Gasteiger partial charge in [0.05, 0.1) is 30.5 Å². The van der Waals surface area contributed by atoms with Crippen molar-refractivity contribution in [2.45, 2.75) is 67.9 Å². The summed E-state index contributed by atoms with van der Waals surface area (Å²) in [6.45, 7) is 7.12. The van der Waals surface area contributed by atoms with Crippen molar-refractivity contribution >= 4 is 23.6 Å². The number of hydrogen-bond donors (Lipinski definition) is 3. The lowest BCUT2D eigenvalue weighted by Crippen LogP contribution is -2.70. The number of carbonyl (C=O) groups is 2. The second-order valence-corrected chi connectivity index (χ2v) is 13.8. The quantitative estimate of drug-likeness (QED) is 0.315. The molecule has 12 nitrogen and oxygen atoms in total. The van der Waals surface area contributed by atoms with Gasteiger partial charge >= 0.3 is 18.1 Å². The summed E-state index contributed by atoms with van der Waals surface area (Å²) < 4.78 is 63.0. The number of nitriles is 1. The first-order valence-electron chi connectivity index (χ1n) is 15.6. The van der Waals surface area contributed by atoms with Crippen LogP contribution < -0.4 is 19.5 Å². The SMILES string of the molecule is C=CCN1C2c3c(cc(C)c(OC)c3O)CC1[C@H](C#N)N1C2[C@@H]2SCC(NC(=O)C(F)(F)F)C(=O)OC[C@H]1c1c3c(c(C)c(O)c12)OCO3. The van der Waals surface area contributed by atoms with Crippen LogP contribution in [0.3, 0.4) is 0 Å². The minimum Gasteiger partial charge on any atom is -0.507 e. The van der Waals surface area contributed by atoms with Gasteiger partial charge in [0.25, 0.3) is 0 Å². The number of alkyl halides is 3. The molecule has 2 fully saturated rings. The highest BCUT2D eigenvalue weighted by atomic mass is 32.2. The molecule has 260 valence electrons. The van der Waals surface area contributed by atoms with Crippen molar-refractivity contribution in [1.82, 2.24) is 15.1 Å². The summed E-state index contributed by atoms with van der Waals surface area (Å²) in [5.41, 5.74) is 3.25. The Morgan fingerprint density at radius 3 is 2.61 bits per heavy atom. The largest absolute Gasteiger partial charge is 0.507 e. The molecule has 0 aliphatic carbocycles. The van der Waals surface area contributed by atoms with Gasteiger partial charge in [-0.05, 0) is 31.4 Å². The number of aromatic hydroxyl groups is 2. The number of amides is 1. The highest BCUT2D eigenvalue weighted by Gasteiger charge is 2.61. The van der Waals surface area contributed by atoms with Crippen LogP contribution >= 0.6 is 11.8 Å². The molecule has 16 heteroatoms. The second kappa shape index (κ2) is 11.9. The van der Waals surface area contributed by atoms with E-state index >= 15 is 0 Å². The fraction of sp³-hybridized carbons (Fsp3) is 0.485. The van der Waals surface area contributed by atoms with Crippen molar-refractivity contribution < 1.29 is 51.9 Å². The molecule has 5 heterocycles. The molecule has 2 saturated heterocycles.